The number of carbonyl (C=O) groups excluding carboxylic acids is 6. The Labute approximate surface area is 297 Å². The van der Waals surface area contributed by atoms with Crippen LogP contribution in [0.25, 0.3) is 0 Å². The summed E-state index contributed by atoms with van der Waals surface area (Å²) < 4.78 is 34.6. The Morgan fingerprint density at radius 1 is 0.725 bits per heavy atom. The average Bonchev–Trinajstić information content (AvgIpc) is 3.22. The molecule has 1 aromatic carbocycles. The highest BCUT2D eigenvalue weighted by Gasteiger charge is 2.70. The molecular formula is C37H48O14. The van der Waals surface area contributed by atoms with Crippen molar-refractivity contribution in [1.82, 2.24) is 0 Å². The molecule has 10 atom stereocenters. The van der Waals surface area contributed by atoms with Crippen molar-refractivity contribution in [3.63, 3.8) is 0 Å². The molecule has 1 aromatic rings. The molecule has 2 aliphatic carbocycles. The van der Waals surface area contributed by atoms with Crippen LogP contribution in [0.1, 0.15) is 79.1 Å². The summed E-state index contributed by atoms with van der Waals surface area (Å²) in [7, 11) is 0. The van der Waals surface area contributed by atoms with Crippen LogP contribution in [0.2, 0.25) is 0 Å². The predicted molar refractivity (Wildman–Crippen MR) is 178 cm³/mol. The van der Waals surface area contributed by atoms with Gasteiger partial charge in [0.1, 0.15) is 35.6 Å². The predicted octanol–water partition coefficient (Wildman–Crippen LogP) is 3.16. The summed E-state index contributed by atoms with van der Waals surface area (Å²) in [6.07, 6.45) is -7.38. The van der Waals surface area contributed by atoms with E-state index >= 15 is 0 Å². The van der Waals surface area contributed by atoms with Gasteiger partial charge in [-0.3, -0.25) is 24.0 Å². The van der Waals surface area contributed by atoms with Gasteiger partial charge in [-0.2, -0.15) is 0 Å². The third-order valence-corrected chi connectivity index (χ3v) is 9.14. The van der Waals surface area contributed by atoms with Crippen molar-refractivity contribution < 1.29 is 67.4 Å². The van der Waals surface area contributed by atoms with E-state index in [-0.39, 0.29) is 11.1 Å². The van der Waals surface area contributed by atoms with Crippen molar-refractivity contribution in [2.24, 2.45) is 17.3 Å². The van der Waals surface area contributed by atoms with Gasteiger partial charge in [-0.05, 0) is 19.1 Å². The van der Waals surface area contributed by atoms with E-state index in [1.165, 1.54) is 19.1 Å². The zero-order valence-electron chi connectivity index (χ0n) is 30.4. The molecule has 14 heteroatoms. The fraction of sp³-hybridized carbons (Fsp3) is 0.568. The smallest absolute Gasteiger partial charge is 0.338 e. The third-order valence-electron chi connectivity index (χ3n) is 9.14. The molecule has 0 amide bonds. The summed E-state index contributed by atoms with van der Waals surface area (Å²) in [5.74, 6) is -7.72. The summed E-state index contributed by atoms with van der Waals surface area (Å²) in [5.41, 5.74) is -5.68. The van der Waals surface area contributed by atoms with E-state index in [1.54, 1.807) is 51.1 Å². The lowest BCUT2D eigenvalue weighted by Crippen LogP contribution is -2.59. The zero-order valence-corrected chi connectivity index (χ0v) is 30.4. The van der Waals surface area contributed by atoms with Crippen LogP contribution in [-0.2, 0) is 52.4 Å². The van der Waals surface area contributed by atoms with Crippen molar-refractivity contribution in [3.05, 3.63) is 60.2 Å². The van der Waals surface area contributed by atoms with Crippen molar-refractivity contribution in [2.45, 2.75) is 117 Å². The van der Waals surface area contributed by atoms with Crippen LogP contribution >= 0.6 is 0 Å². The summed E-state index contributed by atoms with van der Waals surface area (Å²) in [6, 6.07) is 7.78. The maximum Gasteiger partial charge on any atom is 0.338 e. The average molecular weight is 717 g/mol. The van der Waals surface area contributed by atoms with Crippen LogP contribution < -0.4 is 0 Å². The second-order valence-corrected chi connectivity index (χ2v) is 14.0. The van der Waals surface area contributed by atoms with Gasteiger partial charge in [0.05, 0.1) is 11.5 Å². The SMILES string of the molecule is C=C1[C@H](OC(C)=O)[C@@H](O)[C@@H](OC(C)=O)C(C)(C)C=C[C@H](C)[C@H](OC(C)=O)[C@@]2(O)C[C@@](C)(OC(C)=O)[C@H](OC(=O)c3ccccc3)[C@@H]2[C@H]1OC(C)=O. The molecular weight excluding hydrogens is 668 g/mol. The lowest BCUT2D eigenvalue weighted by atomic mass is 9.71. The Kier molecular flexibility index (Phi) is 12.6. The highest BCUT2D eigenvalue weighted by atomic mass is 16.6. The highest BCUT2D eigenvalue weighted by molar-refractivity contribution is 5.89. The van der Waals surface area contributed by atoms with E-state index in [0.717, 1.165) is 34.6 Å². The Hall–Kier alpha value is -4.56. The Morgan fingerprint density at radius 3 is 1.75 bits per heavy atom. The molecule has 0 unspecified atom stereocenters. The number of esters is 6. The Morgan fingerprint density at radius 2 is 1.24 bits per heavy atom. The van der Waals surface area contributed by atoms with Crippen molar-refractivity contribution >= 4 is 35.8 Å². The quantitative estimate of drug-likeness (QED) is 0.237. The van der Waals surface area contributed by atoms with Crippen LogP contribution in [0.3, 0.4) is 0 Å². The molecule has 1 fully saturated rings. The minimum Gasteiger partial charge on any atom is -0.459 e. The zero-order chi connectivity index (χ0) is 38.6. The largest absolute Gasteiger partial charge is 0.459 e. The number of ether oxygens (including phenoxy) is 6. The van der Waals surface area contributed by atoms with E-state index in [1.807, 2.05) is 0 Å². The number of hydrogen-bond acceptors (Lipinski definition) is 14. The summed E-state index contributed by atoms with van der Waals surface area (Å²) >= 11 is 0. The first kappa shape index (κ1) is 40.9. The number of benzene rings is 1. The van der Waals surface area contributed by atoms with Gasteiger partial charge in [0, 0.05) is 57.9 Å². The molecule has 0 heterocycles. The molecule has 280 valence electrons. The number of carbonyl (C=O) groups is 6. The molecule has 2 aliphatic rings. The van der Waals surface area contributed by atoms with E-state index in [4.69, 9.17) is 28.4 Å². The standard InChI is InChI=1S/C37H48O14/c1-19-16-17-35(8,9)33(49-24(6)41)28(43)30(47-22(4)39)20(2)29(46-21(3)38)27-32(50-34(44)26-14-12-11-13-15-26)36(10,51-25(7)42)18-37(27,45)31(19)48-23(5)40/h11-17,19,27-33,43,45H,2,18H2,1,3-10H3/t19-,27-,28+,29-,30-,31-,32+,33+,36+,37+/m0/s1. The van der Waals surface area contributed by atoms with E-state index in [9.17, 15) is 39.0 Å². The molecule has 3 rings (SSSR count). The normalized spacial score (nSPS) is 33.3. The number of aliphatic hydroxyl groups excluding tert-OH is 1. The molecule has 1 saturated carbocycles. The Bertz CT molecular complexity index is 1550. The maximum absolute atomic E-state index is 13.7. The van der Waals surface area contributed by atoms with Crippen LogP contribution in [0.4, 0.5) is 0 Å². The molecule has 51 heavy (non-hydrogen) atoms. The Balaban J connectivity index is 2.49. The topological polar surface area (TPSA) is 198 Å². The maximum atomic E-state index is 13.7. The number of fused-ring (bicyclic) bond motifs is 1. The first-order chi connectivity index (χ1) is 23.5. The van der Waals surface area contributed by atoms with Crippen molar-refractivity contribution in [2.75, 3.05) is 0 Å². The molecule has 14 nitrogen and oxygen atoms in total. The van der Waals surface area contributed by atoms with Gasteiger partial charge >= 0.3 is 35.8 Å². The summed E-state index contributed by atoms with van der Waals surface area (Å²) in [6.45, 7) is 15.8. The van der Waals surface area contributed by atoms with Crippen LogP contribution in [0.15, 0.2) is 54.6 Å². The molecule has 0 aromatic heterocycles. The number of aliphatic hydroxyl groups is 2. The molecule has 0 radical (unpaired) electrons. The molecule has 0 spiro atoms. The first-order valence-electron chi connectivity index (χ1n) is 16.5. The van der Waals surface area contributed by atoms with Gasteiger partial charge in [-0.1, -0.05) is 57.7 Å². The van der Waals surface area contributed by atoms with Crippen molar-refractivity contribution in [1.29, 1.82) is 0 Å². The fourth-order valence-electron chi connectivity index (χ4n) is 7.21. The number of hydrogen-bond donors (Lipinski definition) is 2. The lowest BCUT2D eigenvalue weighted by molar-refractivity contribution is -0.194. The molecule has 2 N–H and O–H groups in total. The van der Waals surface area contributed by atoms with Gasteiger partial charge in [0.2, 0.25) is 0 Å². The van der Waals surface area contributed by atoms with Gasteiger partial charge in [0.15, 0.2) is 12.2 Å². The van der Waals surface area contributed by atoms with Crippen LogP contribution in [-0.4, -0.2) is 93.9 Å². The fourth-order valence-corrected chi connectivity index (χ4v) is 7.21. The minimum absolute atomic E-state index is 0.0848. The van der Waals surface area contributed by atoms with Crippen molar-refractivity contribution in [3.8, 4) is 0 Å². The van der Waals surface area contributed by atoms with Gasteiger partial charge < -0.3 is 38.6 Å². The highest BCUT2D eigenvalue weighted by Crippen LogP contribution is 2.54. The van der Waals surface area contributed by atoms with E-state index in [0.29, 0.717) is 0 Å². The summed E-state index contributed by atoms with van der Waals surface area (Å²) in [4.78, 5) is 76.9. The number of rotatable bonds is 7. The minimum atomic E-state index is -2.35. The second kappa shape index (κ2) is 15.8. The van der Waals surface area contributed by atoms with Gasteiger partial charge in [-0.25, -0.2) is 4.79 Å². The third kappa shape index (κ3) is 9.22. The summed E-state index contributed by atoms with van der Waals surface area (Å²) in [5, 5.41) is 25.0. The molecule has 0 aliphatic heterocycles. The molecule has 0 saturated heterocycles. The van der Waals surface area contributed by atoms with E-state index in [2.05, 4.69) is 6.58 Å². The van der Waals surface area contributed by atoms with Gasteiger partial charge in [-0.15, -0.1) is 0 Å². The van der Waals surface area contributed by atoms with Crippen LogP contribution in [0, 0.1) is 17.3 Å². The van der Waals surface area contributed by atoms with Gasteiger partial charge in [0.25, 0.3) is 0 Å². The van der Waals surface area contributed by atoms with Crippen LogP contribution in [0.5, 0.6) is 0 Å². The lowest BCUT2D eigenvalue weighted by Gasteiger charge is -2.45. The first-order valence-corrected chi connectivity index (χ1v) is 16.5. The second-order valence-electron chi connectivity index (χ2n) is 14.0. The van der Waals surface area contributed by atoms with E-state index < -0.39 is 107 Å². The monoisotopic (exact) mass is 716 g/mol. The molecule has 0 bridgehead atoms.